The van der Waals surface area contributed by atoms with Gasteiger partial charge in [-0.1, -0.05) is 18.6 Å². The Morgan fingerprint density at radius 1 is 1.62 bits per heavy atom. The third-order valence-corrected chi connectivity index (χ3v) is 2.41. The van der Waals surface area contributed by atoms with Crippen molar-refractivity contribution in [3.63, 3.8) is 0 Å². The number of rotatable bonds is 4. The van der Waals surface area contributed by atoms with Crippen molar-refractivity contribution in [2.24, 2.45) is 10.3 Å². The van der Waals surface area contributed by atoms with Gasteiger partial charge in [-0.15, -0.1) is 0 Å². The van der Waals surface area contributed by atoms with Crippen LogP contribution < -0.4 is 0 Å². The highest BCUT2D eigenvalue weighted by Gasteiger charge is 2.36. The topological polar surface area (TPSA) is 45.0 Å². The van der Waals surface area contributed by atoms with Gasteiger partial charge >= 0.3 is 0 Å². The van der Waals surface area contributed by atoms with Crippen LogP contribution in [-0.2, 0) is 4.79 Å². The molecule has 1 aliphatic heterocycles. The van der Waals surface area contributed by atoms with Gasteiger partial charge in [-0.2, -0.15) is 5.11 Å². The minimum atomic E-state index is -0.590. The average Bonchev–Trinajstić information content (AvgIpc) is 2.45. The lowest BCUT2D eigenvalue weighted by atomic mass is 9.99. The Labute approximate surface area is 79.0 Å². The minimum absolute atomic E-state index is 0.0928. The molecule has 74 valence electrons. The summed E-state index contributed by atoms with van der Waals surface area (Å²) in [4.78, 5) is 11.2. The van der Waals surface area contributed by atoms with Gasteiger partial charge in [0.25, 0.3) is 0 Å². The molecule has 0 saturated carbocycles. The largest absolute Gasteiger partial charge is 0.297 e. The van der Waals surface area contributed by atoms with Gasteiger partial charge in [0.05, 0.1) is 6.54 Å². The summed E-state index contributed by atoms with van der Waals surface area (Å²) in [7, 11) is 0. The standard InChI is InChI=1S/C9H17N3O/c1-4-5-6-12-7-9(3,8(2)13)10-11-12/h4-7H2,1-3H3. The Kier molecular flexibility index (Phi) is 3.01. The maximum absolute atomic E-state index is 11.2. The van der Waals surface area contributed by atoms with Crippen LogP contribution in [0.25, 0.3) is 0 Å². The lowest BCUT2D eigenvalue weighted by Crippen LogP contribution is -2.37. The molecule has 0 aromatic rings. The molecule has 0 N–H and O–H groups in total. The van der Waals surface area contributed by atoms with Gasteiger partial charge in [-0.05, 0) is 20.3 Å². The van der Waals surface area contributed by atoms with Gasteiger partial charge < -0.3 is 0 Å². The van der Waals surface area contributed by atoms with Crippen LogP contribution in [0.2, 0.25) is 0 Å². The summed E-state index contributed by atoms with van der Waals surface area (Å²) in [6.07, 6.45) is 2.25. The SMILES string of the molecule is CCCCN1CC(C)(C(C)=O)N=N1. The van der Waals surface area contributed by atoms with E-state index in [9.17, 15) is 4.79 Å². The van der Waals surface area contributed by atoms with Crippen molar-refractivity contribution >= 4 is 5.78 Å². The van der Waals surface area contributed by atoms with Crippen LogP contribution in [0.4, 0.5) is 0 Å². The summed E-state index contributed by atoms with van der Waals surface area (Å²) in [6, 6.07) is 0. The predicted octanol–water partition coefficient (Wildman–Crippen LogP) is 1.82. The van der Waals surface area contributed by atoms with Crippen molar-refractivity contribution in [3.05, 3.63) is 0 Å². The highest BCUT2D eigenvalue weighted by molar-refractivity contribution is 5.86. The maximum Gasteiger partial charge on any atom is 0.160 e. The molecule has 0 bridgehead atoms. The van der Waals surface area contributed by atoms with E-state index in [0.717, 1.165) is 19.4 Å². The third kappa shape index (κ3) is 2.26. The summed E-state index contributed by atoms with van der Waals surface area (Å²) in [6.45, 7) is 7.09. The van der Waals surface area contributed by atoms with Crippen molar-refractivity contribution < 1.29 is 4.79 Å². The summed E-state index contributed by atoms with van der Waals surface area (Å²) in [5.74, 6) is 0.0928. The summed E-state index contributed by atoms with van der Waals surface area (Å²) < 4.78 is 0. The second-order valence-electron chi connectivity index (χ2n) is 3.76. The van der Waals surface area contributed by atoms with E-state index < -0.39 is 5.54 Å². The van der Waals surface area contributed by atoms with Crippen LogP contribution in [-0.4, -0.2) is 29.4 Å². The first-order valence-electron chi connectivity index (χ1n) is 4.77. The van der Waals surface area contributed by atoms with Gasteiger partial charge in [-0.25, -0.2) is 0 Å². The average molecular weight is 183 g/mol. The van der Waals surface area contributed by atoms with Crippen LogP contribution in [0.1, 0.15) is 33.6 Å². The number of hydrogen-bond donors (Lipinski definition) is 0. The molecule has 1 heterocycles. The van der Waals surface area contributed by atoms with Crippen LogP contribution in [0.15, 0.2) is 10.3 Å². The predicted molar refractivity (Wildman–Crippen MR) is 50.4 cm³/mol. The van der Waals surface area contributed by atoms with Crippen LogP contribution in [0.3, 0.4) is 0 Å². The van der Waals surface area contributed by atoms with E-state index >= 15 is 0 Å². The highest BCUT2D eigenvalue weighted by Crippen LogP contribution is 2.21. The van der Waals surface area contributed by atoms with E-state index in [2.05, 4.69) is 17.3 Å². The lowest BCUT2D eigenvalue weighted by Gasteiger charge is -2.17. The molecule has 0 aromatic carbocycles. The van der Waals surface area contributed by atoms with E-state index in [-0.39, 0.29) is 5.78 Å². The number of hydrogen-bond acceptors (Lipinski definition) is 4. The smallest absolute Gasteiger partial charge is 0.160 e. The Hall–Kier alpha value is -0.930. The van der Waals surface area contributed by atoms with E-state index in [1.807, 2.05) is 11.9 Å². The fourth-order valence-electron chi connectivity index (χ4n) is 1.23. The Balaban J connectivity index is 2.46. The number of nitrogens with zero attached hydrogens (tertiary/aromatic N) is 3. The van der Waals surface area contributed by atoms with Crippen molar-refractivity contribution in [1.29, 1.82) is 0 Å². The molecule has 0 aromatic heterocycles. The zero-order chi connectivity index (χ0) is 9.90. The number of unbranched alkanes of at least 4 members (excludes halogenated alkanes) is 1. The third-order valence-electron chi connectivity index (χ3n) is 2.41. The van der Waals surface area contributed by atoms with Gasteiger partial charge in [-0.3, -0.25) is 9.80 Å². The molecule has 0 fully saturated rings. The van der Waals surface area contributed by atoms with Gasteiger partial charge in [0, 0.05) is 6.54 Å². The zero-order valence-corrected chi connectivity index (χ0v) is 8.58. The van der Waals surface area contributed by atoms with E-state index in [4.69, 9.17) is 0 Å². The molecule has 1 unspecified atom stereocenters. The van der Waals surface area contributed by atoms with E-state index in [0.29, 0.717) is 6.54 Å². The second-order valence-corrected chi connectivity index (χ2v) is 3.76. The van der Waals surface area contributed by atoms with Crippen LogP contribution >= 0.6 is 0 Å². The minimum Gasteiger partial charge on any atom is -0.297 e. The van der Waals surface area contributed by atoms with Crippen molar-refractivity contribution in [2.75, 3.05) is 13.1 Å². The number of Topliss-reactive ketones (excluding diaryl/α,β-unsaturated/α-hetero) is 1. The number of carbonyl (C=O) groups is 1. The van der Waals surface area contributed by atoms with Crippen LogP contribution in [0.5, 0.6) is 0 Å². The first-order chi connectivity index (χ1) is 6.08. The van der Waals surface area contributed by atoms with Gasteiger partial charge in [0.1, 0.15) is 0 Å². The first-order valence-corrected chi connectivity index (χ1v) is 4.77. The summed E-state index contributed by atoms with van der Waals surface area (Å²) >= 11 is 0. The molecule has 0 saturated heterocycles. The molecule has 0 radical (unpaired) electrons. The normalized spacial score (nSPS) is 26.8. The molecule has 13 heavy (non-hydrogen) atoms. The zero-order valence-electron chi connectivity index (χ0n) is 8.58. The molecule has 0 spiro atoms. The van der Waals surface area contributed by atoms with Crippen molar-refractivity contribution in [1.82, 2.24) is 5.01 Å². The Morgan fingerprint density at radius 2 is 2.31 bits per heavy atom. The summed E-state index contributed by atoms with van der Waals surface area (Å²) in [5.41, 5.74) is -0.590. The molecular formula is C9H17N3O. The lowest BCUT2D eigenvalue weighted by molar-refractivity contribution is -0.121. The van der Waals surface area contributed by atoms with Crippen molar-refractivity contribution in [3.8, 4) is 0 Å². The van der Waals surface area contributed by atoms with Gasteiger partial charge in [0.15, 0.2) is 11.3 Å². The Bertz CT molecular complexity index is 227. The van der Waals surface area contributed by atoms with Crippen molar-refractivity contribution in [2.45, 2.75) is 39.2 Å². The molecular weight excluding hydrogens is 166 g/mol. The molecule has 0 aliphatic carbocycles. The number of ketones is 1. The fourth-order valence-corrected chi connectivity index (χ4v) is 1.23. The quantitative estimate of drug-likeness (QED) is 0.667. The molecule has 4 nitrogen and oxygen atoms in total. The number of carbonyl (C=O) groups excluding carboxylic acids is 1. The first kappa shape index (κ1) is 10.2. The van der Waals surface area contributed by atoms with E-state index in [1.165, 1.54) is 0 Å². The Morgan fingerprint density at radius 3 is 2.77 bits per heavy atom. The van der Waals surface area contributed by atoms with E-state index in [1.54, 1.807) is 6.92 Å². The molecule has 1 atom stereocenters. The summed E-state index contributed by atoms with van der Waals surface area (Å²) in [5, 5.41) is 9.87. The molecule has 1 rings (SSSR count). The van der Waals surface area contributed by atoms with Crippen LogP contribution in [0, 0.1) is 0 Å². The fraction of sp³-hybridized carbons (Fsp3) is 0.889. The monoisotopic (exact) mass is 183 g/mol. The molecule has 1 aliphatic rings. The highest BCUT2D eigenvalue weighted by atomic mass is 16.1. The molecule has 4 heteroatoms. The maximum atomic E-state index is 11.2. The van der Waals surface area contributed by atoms with Gasteiger partial charge in [0.2, 0.25) is 0 Å². The second kappa shape index (κ2) is 3.85. The molecule has 0 amide bonds.